The maximum absolute atomic E-state index is 13.5. The highest BCUT2D eigenvalue weighted by Crippen LogP contribution is 2.20. The first-order valence-electron chi connectivity index (χ1n) is 5.06. The molecule has 1 amide bonds. The lowest BCUT2D eigenvalue weighted by molar-refractivity contribution is -0.123. The van der Waals surface area contributed by atoms with Crippen LogP contribution in [-0.4, -0.2) is 17.0 Å². The number of rotatable bonds is 2. The van der Waals surface area contributed by atoms with Gasteiger partial charge in [-0.1, -0.05) is 20.8 Å². The average molecular weight is 239 g/mol. The van der Waals surface area contributed by atoms with Crippen LogP contribution in [0.25, 0.3) is 0 Å². The highest BCUT2D eigenvalue weighted by molar-refractivity contribution is 5.95. The molecule has 0 fully saturated rings. The van der Waals surface area contributed by atoms with Gasteiger partial charge in [-0.15, -0.1) is 0 Å². The third kappa shape index (κ3) is 3.27. The molecule has 0 radical (unpaired) electrons. The Balaban J connectivity index is 2.95. The summed E-state index contributed by atoms with van der Waals surface area (Å²) < 4.78 is 13.5. The number of benzene rings is 1. The molecule has 2 N–H and O–H groups in total. The third-order valence-electron chi connectivity index (χ3n) is 2.15. The molecule has 17 heavy (non-hydrogen) atoms. The number of aromatic carboxylic acids is 1. The van der Waals surface area contributed by atoms with Crippen molar-refractivity contribution in [2.75, 3.05) is 5.32 Å². The van der Waals surface area contributed by atoms with Crippen molar-refractivity contribution in [1.82, 2.24) is 0 Å². The summed E-state index contributed by atoms with van der Waals surface area (Å²) in [5.41, 5.74) is -0.816. The van der Waals surface area contributed by atoms with Crippen molar-refractivity contribution in [3.05, 3.63) is 29.6 Å². The van der Waals surface area contributed by atoms with E-state index in [1.807, 2.05) is 0 Å². The monoisotopic (exact) mass is 239 g/mol. The molecule has 0 spiro atoms. The second-order valence-corrected chi connectivity index (χ2v) is 4.70. The molecule has 4 nitrogen and oxygen atoms in total. The molecule has 0 saturated heterocycles. The largest absolute Gasteiger partial charge is 0.478 e. The highest BCUT2D eigenvalue weighted by Gasteiger charge is 2.22. The standard InChI is InChI=1S/C12H14FNO3/c1-12(2,3)11(17)14-9-5-4-7(10(15)16)6-8(9)13/h4-6H,1-3H3,(H,14,17)(H,15,16). The van der Waals surface area contributed by atoms with Crippen molar-refractivity contribution < 1.29 is 19.1 Å². The molecule has 0 saturated carbocycles. The summed E-state index contributed by atoms with van der Waals surface area (Å²) in [5.74, 6) is -2.31. The van der Waals surface area contributed by atoms with E-state index in [0.29, 0.717) is 0 Å². The molecule has 0 aromatic heterocycles. The van der Waals surface area contributed by atoms with E-state index in [0.717, 1.165) is 6.07 Å². The Morgan fingerprint density at radius 2 is 1.88 bits per heavy atom. The van der Waals surface area contributed by atoms with E-state index in [9.17, 15) is 14.0 Å². The Hall–Kier alpha value is -1.91. The molecule has 0 atom stereocenters. The van der Waals surface area contributed by atoms with Crippen LogP contribution in [-0.2, 0) is 4.79 Å². The molecule has 0 aliphatic carbocycles. The van der Waals surface area contributed by atoms with E-state index >= 15 is 0 Å². The second kappa shape index (κ2) is 4.53. The molecule has 0 aliphatic heterocycles. The first-order chi connectivity index (χ1) is 7.71. The molecule has 1 rings (SSSR count). The zero-order valence-electron chi connectivity index (χ0n) is 9.87. The van der Waals surface area contributed by atoms with E-state index in [-0.39, 0.29) is 17.2 Å². The molecule has 1 aromatic rings. The molecule has 5 heteroatoms. The van der Waals surface area contributed by atoms with Crippen molar-refractivity contribution in [2.24, 2.45) is 5.41 Å². The number of nitrogens with one attached hydrogen (secondary N) is 1. The Bertz CT molecular complexity index is 463. The van der Waals surface area contributed by atoms with Gasteiger partial charge in [0, 0.05) is 5.41 Å². The van der Waals surface area contributed by atoms with E-state index in [1.54, 1.807) is 20.8 Å². The number of carboxylic acids is 1. The smallest absolute Gasteiger partial charge is 0.335 e. The molecule has 0 heterocycles. The van der Waals surface area contributed by atoms with Gasteiger partial charge in [0.2, 0.25) is 5.91 Å². The number of carbonyl (C=O) groups excluding carboxylic acids is 1. The van der Waals surface area contributed by atoms with Crippen molar-refractivity contribution in [2.45, 2.75) is 20.8 Å². The zero-order chi connectivity index (χ0) is 13.2. The quantitative estimate of drug-likeness (QED) is 0.833. The van der Waals surface area contributed by atoms with Gasteiger partial charge in [-0.2, -0.15) is 0 Å². The van der Waals surface area contributed by atoms with Crippen LogP contribution in [0, 0.1) is 11.2 Å². The van der Waals surface area contributed by atoms with Crippen LogP contribution in [0.15, 0.2) is 18.2 Å². The Morgan fingerprint density at radius 1 is 1.29 bits per heavy atom. The van der Waals surface area contributed by atoms with E-state index in [4.69, 9.17) is 5.11 Å². The number of carboxylic acid groups (broad SMARTS) is 1. The Labute approximate surface area is 98.5 Å². The van der Waals surface area contributed by atoms with Crippen LogP contribution in [0.2, 0.25) is 0 Å². The molecule has 0 aliphatic rings. The maximum Gasteiger partial charge on any atom is 0.335 e. The molecular formula is C12H14FNO3. The predicted molar refractivity (Wildman–Crippen MR) is 61.4 cm³/mol. The maximum atomic E-state index is 13.5. The highest BCUT2D eigenvalue weighted by atomic mass is 19.1. The van der Waals surface area contributed by atoms with Crippen LogP contribution in [0.4, 0.5) is 10.1 Å². The SMILES string of the molecule is CC(C)(C)C(=O)Nc1ccc(C(=O)O)cc1F. The summed E-state index contributed by atoms with van der Waals surface area (Å²) in [7, 11) is 0. The zero-order valence-corrected chi connectivity index (χ0v) is 9.87. The number of hydrogen-bond donors (Lipinski definition) is 2. The Kier molecular flexibility index (Phi) is 3.50. The number of anilines is 1. The predicted octanol–water partition coefficient (Wildman–Crippen LogP) is 2.51. The van der Waals surface area contributed by atoms with Crippen LogP contribution in [0.5, 0.6) is 0 Å². The first kappa shape index (κ1) is 13.2. The summed E-state index contributed by atoms with van der Waals surface area (Å²) in [6.07, 6.45) is 0. The van der Waals surface area contributed by atoms with E-state index < -0.39 is 17.2 Å². The minimum Gasteiger partial charge on any atom is -0.478 e. The number of halogens is 1. The number of amides is 1. The molecule has 92 valence electrons. The van der Waals surface area contributed by atoms with Gasteiger partial charge in [0.1, 0.15) is 5.82 Å². The number of carbonyl (C=O) groups is 2. The van der Waals surface area contributed by atoms with Gasteiger partial charge in [0.15, 0.2) is 0 Å². The summed E-state index contributed by atoms with van der Waals surface area (Å²) in [6, 6.07) is 3.35. The molecule has 0 bridgehead atoms. The van der Waals surface area contributed by atoms with Crippen LogP contribution in [0.3, 0.4) is 0 Å². The summed E-state index contributed by atoms with van der Waals surface area (Å²) in [4.78, 5) is 22.2. The van der Waals surface area contributed by atoms with Gasteiger partial charge in [-0.3, -0.25) is 4.79 Å². The van der Waals surface area contributed by atoms with Crippen LogP contribution >= 0.6 is 0 Å². The van der Waals surface area contributed by atoms with E-state index in [2.05, 4.69) is 5.32 Å². The lowest BCUT2D eigenvalue weighted by atomic mass is 9.95. The topological polar surface area (TPSA) is 66.4 Å². The van der Waals surface area contributed by atoms with Gasteiger partial charge < -0.3 is 10.4 Å². The van der Waals surface area contributed by atoms with Gasteiger partial charge in [-0.25, -0.2) is 9.18 Å². The average Bonchev–Trinajstić information content (AvgIpc) is 2.19. The van der Waals surface area contributed by atoms with Gasteiger partial charge in [0.05, 0.1) is 11.3 Å². The number of hydrogen-bond acceptors (Lipinski definition) is 2. The second-order valence-electron chi connectivity index (χ2n) is 4.70. The van der Waals surface area contributed by atoms with E-state index in [1.165, 1.54) is 12.1 Å². The van der Waals surface area contributed by atoms with Gasteiger partial charge in [0.25, 0.3) is 0 Å². The summed E-state index contributed by atoms with van der Waals surface area (Å²) in [6.45, 7) is 5.10. The van der Waals surface area contributed by atoms with Crippen molar-refractivity contribution in [3.63, 3.8) is 0 Å². The lowest BCUT2D eigenvalue weighted by Crippen LogP contribution is -2.28. The summed E-state index contributed by atoms with van der Waals surface area (Å²) in [5, 5.41) is 11.1. The normalized spacial score (nSPS) is 11.1. The molecule has 0 unspecified atom stereocenters. The van der Waals surface area contributed by atoms with Gasteiger partial charge >= 0.3 is 5.97 Å². The molecular weight excluding hydrogens is 225 g/mol. The van der Waals surface area contributed by atoms with Crippen molar-refractivity contribution >= 4 is 17.6 Å². The lowest BCUT2D eigenvalue weighted by Gasteiger charge is -2.18. The summed E-state index contributed by atoms with van der Waals surface area (Å²) >= 11 is 0. The van der Waals surface area contributed by atoms with Gasteiger partial charge in [-0.05, 0) is 18.2 Å². The Morgan fingerprint density at radius 3 is 2.29 bits per heavy atom. The fourth-order valence-electron chi connectivity index (χ4n) is 1.06. The fourth-order valence-corrected chi connectivity index (χ4v) is 1.06. The minimum atomic E-state index is -1.21. The van der Waals surface area contributed by atoms with Crippen molar-refractivity contribution in [3.8, 4) is 0 Å². The fraction of sp³-hybridized carbons (Fsp3) is 0.333. The third-order valence-corrected chi connectivity index (χ3v) is 2.15. The molecule has 1 aromatic carbocycles. The first-order valence-corrected chi connectivity index (χ1v) is 5.06. The van der Waals surface area contributed by atoms with Crippen LogP contribution < -0.4 is 5.32 Å². The van der Waals surface area contributed by atoms with Crippen molar-refractivity contribution in [1.29, 1.82) is 0 Å². The van der Waals surface area contributed by atoms with Crippen LogP contribution in [0.1, 0.15) is 31.1 Å². The minimum absolute atomic E-state index is 0.0186.